The van der Waals surface area contributed by atoms with E-state index in [0.717, 1.165) is 12.1 Å². The number of rotatable bonds is 2. The van der Waals surface area contributed by atoms with Gasteiger partial charge in [0.05, 0.1) is 0 Å². The maximum atomic E-state index is 10.7. The minimum atomic E-state index is -1.38. The summed E-state index contributed by atoms with van der Waals surface area (Å²) in [6.07, 6.45) is 0.272. The van der Waals surface area contributed by atoms with Crippen molar-refractivity contribution in [2.75, 3.05) is 0 Å². The molecule has 0 radical (unpaired) electrons. The lowest BCUT2D eigenvalue weighted by molar-refractivity contribution is 0.0657. The Morgan fingerprint density at radius 1 is 1.50 bits per heavy atom. The average molecular weight is 168 g/mol. The van der Waals surface area contributed by atoms with Crippen molar-refractivity contribution in [2.24, 2.45) is 0 Å². The van der Waals surface area contributed by atoms with Crippen molar-refractivity contribution in [3.63, 3.8) is 0 Å². The normalized spacial score (nSPS) is 9.33. The molecular formula is C7H4O5. The maximum Gasteiger partial charge on any atom is 0.371 e. The number of carbonyl (C=O) groups excluding carboxylic acids is 1. The molecule has 62 valence electrons. The second-order valence-corrected chi connectivity index (χ2v) is 1.98. The zero-order chi connectivity index (χ0) is 9.14. The molecule has 0 aliphatic carbocycles. The Hall–Kier alpha value is -1.91. The highest BCUT2D eigenvalue weighted by Crippen LogP contribution is 1.98. The lowest BCUT2D eigenvalue weighted by Gasteiger charge is -1.92. The van der Waals surface area contributed by atoms with Crippen LogP contribution in [0.5, 0.6) is 0 Å². The summed E-state index contributed by atoms with van der Waals surface area (Å²) < 4.78 is 4.50. The highest BCUT2D eigenvalue weighted by atomic mass is 16.4. The van der Waals surface area contributed by atoms with Gasteiger partial charge in [0, 0.05) is 12.1 Å². The molecule has 0 saturated heterocycles. The predicted octanol–water partition coefficient (Wildman–Crippen LogP) is 0.151. The lowest BCUT2D eigenvalue weighted by atomic mass is 10.3. The third-order valence-electron chi connectivity index (χ3n) is 1.11. The van der Waals surface area contributed by atoms with E-state index in [2.05, 4.69) is 4.42 Å². The van der Waals surface area contributed by atoms with Crippen molar-refractivity contribution in [3.05, 3.63) is 33.9 Å². The van der Waals surface area contributed by atoms with Gasteiger partial charge in [-0.2, -0.15) is 0 Å². The van der Waals surface area contributed by atoms with Crippen LogP contribution in [0.3, 0.4) is 0 Å². The van der Waals surface area contributed by atoms with Crippen LogP contribution in [0.15, 0.2) is 21.3 Å². The van der Waals surface area contributed by atoms with E-state index in [9.17, 15) is 14.4 Å². The fraction of sp³-hybridized carbons (Fsp3) is 0. The molecule has 1 aromatic rings. The van der Waals surface area contributed by atoms with E-state index in [1.807, 2.05) is 0 Å². The fourth-order valence-electron chi connectivity index (χ4n) is 0.660. The zero-order valence-corrected chi connectivity index (χ0v) is 5.81. The van der Waals surface area contributed by atoms with Gasteiger partial charge in [0.25, 0.3) is 0 Å². The number of aromatic carboxylic acids is 1. The molecule has 0 bridgehead atoms. The van der Waals surface area contributed by atoms with Crippen molar-refractivity contribution in [3.8, 4) is 0 Å². The molecule has 0 aliphatic rings. The monoisotopic (exact) mass is 168 g/mol. The molecule has 0 unspecified atom stereocenters. The fourth-order valence-corrected chi connectivity index (χ4v) is 0.660. The van der Waals surface area contributed by atoms with Crippen LogP contribution in [-0.4, -0.2) is 17.4 Å². The topological polar surface area (TPSA) is 84.6 Å². The van der Waals surface area contributed by atoms with Gasteiger partial charge in [-0.05, 0) is 0 Å². The number of carbonyl (C=O) groups is 2. The average Bonchev–Trinajstić information content (AvgIpc) is 2.03. The molecule has 5 heteroatoms. The van der Waals surface area contributed by atoms with Crippen LogP contribution < -0.4 is 5.43 Å². The summed E-state index contributed by atoms with van der Waals surface area (Å²) in [6.45, 7) is 0. The molecule has 1 N–H and O–H groups in total. The summed E-state index contributed by atoms with van der Waals surface area (Å²) in [7, 11) is 0. The second kappa shape index (κ2) is 3.00. The Balaban J connectivity index is 3.33. The van der Waals surface area contributed by atoms with Gasteiger partial charge in [0.2, 0.25) is 5.76 Å². The molecule has 1 aromatic heterocycles. The lowest BCUT2D eigenvalue weighted by Crippen LogP contribution is -2.06. The first kappa shape index (κ1) is 8.19. The first-order valence-electron chi connectivity index (χ1n) is 2.97. The zero-order valence-electron chi connectivity index (χ0n) is 5.81. The molecule has 12 heavy (non-hydrogen) atoms. The van der Waals surface area contributed by atoms with E-state index in [-0.39, 0.29) is 12.0 Å². The van der Waals surface area contributed by atoms with Crippen molar-refractivity contribution in [1.82, 2.24) is 0 Å². The number of aldehydes is 1. The van der Waals surface area contributed by atoms with Gasteiger partial charge >= 0.3 is 5.97 Å². The molecule has 0 spiro atoms. The molecule has 1 rings (SSSR count). The Bertz CT molecular complexity index is 376. The van der Waals surface area contributed by atoms with Gasteiger partial charge in [0.15, 0.2) is 17.5 Å². The van der Waals surface area contributed by atoms with E-state index >= 15 is 0 Å². The van der Waals surface area contributed by atoms with Crippen LogP contribution in [0.2, 0.25) is 0 Å². The predicted molar refractivity (Wildman–Crippen MR) is 37.3 cm³/mol. The van der Waals surface area contributed by atoms with Crippen molar-refractivity contribution in [1.29, 1.82) is 0 Å². The van der Waals surface area contributed by atoms with Crippen LogP contribution in [0.25, 0.3) is 0 Å². The number of hydrogen-bond donors (Lipinski definition) is 1. The van der Waals surface area contributed by atoms with Gasteiger partial charge in [-0.25, -0.2) is 4.79 Å². The van der Waals surface area contributed by atoms with Crippen molar-refractivity contribution in [2.45, 2.75) is 0 Å². The largest absolute Gasteiger partial charge is 0.475 e. The Kier molecular flexibility index (Phi) is 2.05. The van der Waals surface area contributed by atoms with E-state index in [0.29, 0.717) is 0 Å². The Morgan fingerprint density at radius 2 is 2.17 bits per heavy atom. The van der Waals surface area contributed by atoms with Crippen LogP contribution in [0, 0.1) is 0 Å². The van der Waals surface area contributed by atoms with Crippen molar-refractivity contribution < 1.29 is 19.1 Å². The smallest absolute Gasteiger partial charge is 0.371 e. The first-order valence-corrected chi connectivity index (χ1v) is 2.97. The van der Waals surface area contributed by atoms with Crippen LogP contribution in [0.4, 0.5) is 0 Å². The van der Waals surface area contributed by atoms with Gasteiger partial charge in [0.1, 0.15) is 0 Å². The van der Waals surface area contributed by atoms with Crippen LogP contribution >= 0.6 is 0 Å². The molecule has 0 fully saturated rings. The molecule has 0 aliphatic heterocycles. The summed E-state index contributed by atoms with van der Waals surface area (Å²) >= 11 is 0. The standard InChI is InChI=1S/C7H4O5/c8-3-5-1-4(9)2-6(12-5)7(10)11/h1-3H,(H,10,11). The van der Waals surface area contributed by atoms with Gasteiger partial charge in [-0.15, -0.1) is 0 Å². The number of carboxylic acids is 1. The summed E-state index contributed by atoms with van der Waals surface area (Å²) in [5.74, 6) is -2.21. The summed E-state index contributed by atoms with van der Waals surface area (Å²) in [4.78, 5) is 31.1. The van der Waals surface area contributed by atoms with Crippen molar-refractivity contribution >= 4 is 12.3 Å². The van der Waals surface area contributed by atoms with Crippen LogP contribution in [-0.2, 0) is 0 Å². The van der Waals surface area contributed by atoms with Gasteiger partial charge in [-0.3, -0.25) is 9.59 Å². The Labute approximate surface area is 66.2 Å². The Morgan fingerprint density at radius 3 is 2.67 bits per heavy atom. The summed E-state index contributed by atoms with van der Waals surface area (Å²) in [6, 6.07) is 1.72. The quantitative estimate of drug-likeness (QED) is 0.635. The molecule has 0 amide bonds. The minimum Gasteiger partial charge on any atom is -0.475 e. The summed E-state index contributed by atoms with van der Waals surface area (Å²) in [5, 5.41) is 8.38. The molecule has 5 nitrogen and oxygen atoms in total. The molecule has 1 heterocycles. The molecule has 0 saturated carbocycles. The summed E-state index contributed by atoms with van der Waals surface area (Å²) in [5.41, 5.74) is -0.569. The van der Waals surface area contributed by atoms with Gasteiger partial charge < -0.3 is 9.52 Å². The van der Waals surface area contributed by atoms with E-state index in [1.165, 1.54) is 0 Å². The van der Waals surface area contributed by atoms with E-state index in [4.69, 9.17) is 5.11 Å². The third kappa shape index (κ3) is 1.57. The maximum absolute atomic E-state index is 10.7. The van der Waals surface area contributed by atoms with E-state index in [1.54, 1.807) is 0 Å². The third-order valence-corrected chi connectivity index (χ3v) is 1.11. The van der Waals surface area contributed by atoms with Gasteiger partial charge in [-0.1, -0.05) is 0 Å². The van der Waals surface area contributed by atoms with E-state index < -0.39 is 17.2 Å². The number of hydrogen-bond acceptors (Lipinski definition) is 4. The molecule has 0 aromatic carbocycles. The number of carboxylic acid groups (broad SMARTS) is 1. The second-order valence-electron chi connectivity index (χ2n) is 1.98. The highest BCUT2D eigenvalue weighted by molar-refractivity contribution is 5.84. The molecular weight excluding hydrogens is 164 g/mol. The molecule has 0 atom stereocenters. The van der Waals surface area contributed by atoms with Crippen LogP contribution in [0.1, 0.15) is 21.1 Å². The highest BCUT2D eigenvalue weighted by Gasteiger charge is 2.07. The minimum absolute atomic E-state index is 0.272. The first-order chi connectivity index (χ1) is 5.63. The SMILES string of the molecule is O=Cc1cc(=O)cc(C(=O)O)o1.